The lowest BCUT2D eigenvalue weighted by atomic mass is 9.35. The van der Waals surface area contributed by atoms with Gasteiger partial charge >= 0.3 is 0 Å². The van der Waals surface area contributed by atoms with Gasteiger partial charge in [0.05, 0.1) is 17.0 Å². The molecule has 0 radical (unpaired) electrons. The number of anilines is 6. The molecule has 4 aliphatic carbocycles. The third-order valence-corrected chi connectivity index (χ3v) is 20.9. The Kier molecular flexibility index (Phi) is 10.6. The van der Waals surface area contributed by atoms with Gasteiger partial charge in [0.1, 0.15) is 5.76 Å². The molecular weight excluding hydrogens is 920 g/mol. The monoisotopic (exact) mass is 1000 g/mol. The minimum Gasteiger partial charge on any atom is -0.473 e. The van der Waals surface area contributed by atoms with Gasteiger partial charge in [-0.15, -0.1) is 0 Å². The Labute approximate surface area is 456 Å². The van der Waals surface area contributed by atoms with Crippen molar-refractivity contribution in [3.63, 3.8) is 0 Å². The number of benzene rings is 6. The second-order valence-corrected chi connectivity index (χ2v) is 29.8. The molecule has 4 heteroatoms. The molecule has 3 nitrogen and oxygen atoms in total. The first-order valence-corrected chi connectivity index (χ1v) is 29.2. The van der Waals surface area contributed by atoms with Crippen LogP contribution in [0.25, 0.3) is 21.9 Å². The zero-order valence-corrected chi connectivity index (χ0v) is 49.0. The summed E-state index contributed by atoms with van der Waals surface area (Å²) in [6.07, 6.45) is 11.5. The highest BCUT2D eigenvalue weighted by Gasteiger charge is 2.52. The third-order valence-electron chi connectivity index (χ3n) is 20.9. The summed E-state index contributed by atoms with van der Waals surface area (Å²) in [6.45, 7) is 39.2. The van der Waals surface area contributed by atoms with Crippen molar-refractivity contribution in [2.45, 2.75) is 189 Å². The number of fused-ring (bicyclic) bond motifs is 10. The maximum atomic E-state index is 7.93. The van der Waals surface area contributed by atoms with Gasteiger partial charge in [-0.25, -0.2) is 0 Å². The minimum absolute atomic E-state index is 0.00384. The van der Waals surface area contributed by atoms with Crippen molar-refractivity contribution in [3.05, 3.63) is 159 Å². The summed E-state index contributed by atoms with van der Waals surface area (Å²) >= 11 is 0. The Hall–Kier alpha value is -5.74. The zero-order valence-electron chi connectivity index (χ0n) is 49.0. The summed E-state index contributed by atoms with van der Waals surface area (Å²) in [6, 6.07) is 41.4. The highest BCUT2D eigenvalue weighted by molar-refractivity contribution is 6.99. The van der Waals surface area contributed by atoms with Crippen molar-refractivity contribution in [2.75, 3.05) is 9.80 Å². The molecule has 2 aliphatic heterocycles. The highest BCUT2D eigenvalue weighted by atomic mass is 16.3. The van der Waals surface area contributed by atoms with Crippen LogP contribution in [0, 0.1) is 23.7 Å². The topological polar surface area (TPSA) is 19.6 Å². The van der Waals surface area contributed by atoms with Crippen molar-refractivity contribution >= 4 is 68.2 Å². The van der Waals surface area contributed by atoms with E-state index in [9.17, 15) is 0 Å². The Bertz CT molecular complexity index is 3620. The summed E-state index contributed by atoms with van der Waals surface area (Å²) in [5.41, 5.74) is 25.9. The van der Waals surface area contributed by atoms with Gasteiger partial charge < -0.3 is 14.2 Å². The fourth-order valence-electron chi connectivity index (χ4n) is 15.5. The summed E-state index contributed by atoms with van der Waals surface area (Å²) in [5.74, 6) is 1.61. The molecule has 76 heavy (non-hydrogen) atoms. The summed E-state index contributed by atoms with van der Waals surface area (Å²) in [7, 11) is 0. The average Bonchev–Trinajstić information content (AvgIpc) is 3.74. The van der Waals surface area contributed by atoms with Gasteiger partial charge in [-0.3, -0.25) is 0 Å². The molecule has 1 unspecified atom stereocenters. The van der Waals surface area contributed by atoms with Crippen LogP contribution in [0.3, 0.4) is 0 Å². The van der Waals surface area contributed by atoms with Crippen molar-refractivity contribution in [3.8, 4) is 11.1 Å². The third kappa shape index (κ3) is 7.40. The molecule has 0 spiro atoms. The molecule has 1 fully saturated rings. The van der Waals surface area contributed by atoms with E-state index in [0.29, 0.717) is 5.92 Å². The SMILES string of the molecule is Cc1cc2c3c(c1)N(c1ccc(C(C)(C)C)cc1)c1c(oc4c1CC=C1C(C4)C(C)(C)CCC1(C)C)B3c1cc3c(cc1N2c1cc2c(cc1-c1ccc4ccccc4c1)C(C)(C)CCC2(C)C)C(C)(C)CCC3(C)C. The van der Waals surface area contributed by atoms with Gasteiger partial charge in [0.15, 0.2) is 0 Å². The van der Waals surface area contributed by atoms with E-state index in [-0.39, 0.29) is 44.6 Å². The molecule has 13 rings (SSSR count). The molecule has 0 bridgehead atoms. The minimum atomic E-state index is -0.105. The molecule has 6 aromatic carbocycles. The average molecular weight is 1000 g/mol. The van der Waals surface area contributed by atoms with Crippen LogP contribution in [0.4, 0.5) is 34.1 Å². The van der Waals surface area contributed by atoms with E-state index in [4.69, 9.17) is 4.42 Å². The van der Waals surface area contributed by atoms with Crippen LogP contribution in [0.5, 0.6) is 0 Å². The maximum absolute atomic E-state index is 7.93. The molecule has 0 amide bonds. The normalized spacial score (nSPS) is 21.8. The van der Waals surface area contributed by atoms with Crippen LogP contribution in [0.2, 0.25) is 0 Å². The fourth-order valence-corrected chi connectivity index (χ4v) is 15.5. The van der Waals surface area contributed by atoms with Crippen LogP contribution in [-0.2, 0) is 39.9 Å². The van der Waals surface area contributed by atoms with Crippen molar-refractivity contribution < 1.29 is 4.42 Å². The van der Waals surface area contributed by atoms with Crippen LogP contribution in [0.15, 0.2) is 119 Å². The summed E-state index contributed by atoms with van der Waals surface area (Å²) in [5, 5.41) is 2.54. The molecule has 6 aliphatic rings. The lowest BCUT2D eigenvalue weighted by Gasteiger charge is -2.48. The van der Waals surface area contributed by atoms with E-state index in [1.54, 1.807) is 5.57 Å². The lowest BCUT2D eigenvalue weighted by molar-refractivity contribution is 0.120. The number of nitrogens with zero attached hydrogens (tertiary/aromatic N) is 2. The second-order valence-electron chi connectivity index (χ2n) is 29.8. The van der Waals surface area contributed by atoms with Crippen molar-refractivity contribution in [2.24, 2.45) is 16.7 Å². The Balaban J connectivity index is 1.15. The molecule has 0 saturated heterocycles. The maximum Gasteiger partial charge on any atom is 0.297 e. The molecular formula is C72H83BN2O. The first kappa shape index (κ1) is 49.8. The van der Waals surface area contributed by atoms with E-state index in [2.05, 4.69) is 230 Å². The number of hydrogen-bond acceptors (Lipinski definition) is 3. The lowest BCUT2D eigenvalue weighted by Crippen LogP contribution is -2.61. The van der Waals surface area contributed by atoms with Crippen LogP contribution in [0.1, 0.15) is 187 Å². The second kappa shape index (κ2) is 16.2. The fraction of sp³-hybridized carbons (Fsp3) is 0.444. The van der Waals surface area contributed by atoms with E-state index in [1.807, 2.05) is 0 Å². The number of allylic oxidation sites excluding steroid dienone is 2. The van der Waals surface area contributed by atoms with Gasteiger partial charge in [-0.2, -0.15) is 0 Å². The van der Waals surface area contributed by atoms with Gasteiger partial charge in [0.25, 0.3) is 6.71 Å². The first-order chi connectivity index (χ1) is 35.7. The number of furan rings is 1. The molecule has 7 aromatic rings. The molecule has 0 N–H and O–H groups in total. The van der Waals surface area contributed by atoms with Gasteiger partial charge in [-0.1, -0.05) is 170 Å². The van der Waals surface area contributed by atoms with E-state index in [1.165, 1.54) is 124 Å². The zero-order chi connectivity index (χ0) is 53.6. The van der Waals surface area contributed by atoms with Gasteiger partial charge in [-0.05, 0) is 205 Å². The van der Waals surface area contributed by atoms with Crippen LogP contribution < -0.4 is 26.4 Å². The van der Waals surface area contributed by atoms with E-state index in [0.717, 1.165) is 44.2 Å². The number of rotatable bonds is 3. The molecule has 390 valence electrons. The smallest absolute Gasteiger partial charge is 0.297 e. The predicted octanol–water partition coefficient (Wildman–Crippen LogP) is 18.0. The standard InChI is InChI=1S/C72H83BN2O/c1-43-35-60-63-61(36-43)75(58-40-54-52(68(7,8)31-33-70(54,11)12)38-50(58)46-22-21-44-19-17-18-20-45(44)37-46)59-41-55-53(69(9,10)32-34-71(55,13)14)39-57(59)73(63)65-64(74(60)48-25-23-47(24-26-48)66(2,3)4)49-27-28-51-56(42-62(49)76-65)72(15,16)30-29-67(51,5)6/h17-26,28,35-41,56H,27,29-34,42H2,1-16H3. The first-order valence-electron chi connectivity index (χ1n) is 29.2. The van der Waals surface area contributed by atoms with Crippen LogP contribution >= 0.6 is 0 Å². The number of hydrogen-bond donors (Lipinski definition) is 0. The largest absolute Gasteiger partial charge is 0.473 e. The Morgan fingerprint density at radius 2 is 1.12 bits per heavy atom. The molecule has 1 saturated carbocycles. The quantitative estimate of drug-likeness (QED) is 0.130. The van der Waals surface area contributed by atoms with Crippen molar-refractivity contribution in [1.29, 1.82) is 0 Å². The number of aryl methyl sites for hydroxylation is 1. The summed E-state index contributed by atoms with van der Waals surface area (Å²) < 4.78 is 7.93. The van der Waals surface area contributed by atoms with Gasteiger partial charge in [0.2, 0.25) is 0 Å². The van der Waals surface area contributed by atoms with Gasteiger partial charge in [0, 0.05) is 40.3 Å². The predicted molar refractivity (Wildman–Crippen MR) is 325 cm³/mol. The Morgan fingerprint density at radius 3 is 1.75 bits per heavy atom. The highest BCUT2D eigenvalue weighted by Crippen LogP contribution is 2.58. The van der Waals surface area contributed by atoms with E-state index < -0.39 is 0 Å². The molecule has 3 heterocycles. The van der Waals surface area contributed by atoms with E-state index >= 15 is 0 Å². The van der Waals surface area contributed by atoms with Crippen LogP contribution in [-0.4, -0.2) is 6.71 Å². The molecule has 1 aromatic heterocycles. The summed E-state index contributed by atoms with van der Waals surface area (Å²) in [4.78, 5) is 5.42. The molecule has 1 atom stereocenters. The van der Waals surface area contributed by atoms with Crippen molar-refractivity contribution in [1.82, 2.24) is 0 Å². The Morgan fingerprint density at radius 1 is 0.553 bits per heavy atom.